The van der Waals surface area contributed by atoms with Crippen LogP contribution in [-0.4, -0.2) is 42.4 Å². The molecule has 5 heteroatoms. The number of piperidine rings is 1. The average Bonchev–Trinajstić information content (AvgIpc) is 2.46. The average molecular weight is 297 g/mol. The van der Waals surface area contributed by atoms with Crippen molar-refractivity contribution in [3.8, 4) is 0 Å². The van der Waals surface area contributed by atoms with Crippen molar-refractivity contribution in [1.82, 2.24) is 10.2 Å². The SMILES string of the molecule is CCCC(C)CC(=O)N1CCCCC1CNC(=O)CCN. The summed E-state index contributed by atoms with van der Waals surface area (Å²) in [7, 11) is 0. The molecular formula is C16H31N3O2. The Kier molecular flexibility index (Phi) is 8.35. The van der Waals surface area contributed by atoms with Gasteiger partial charge in [0, 0.05) is 38.5 Å². The molecule has 2 atom stereocenters. The topological polar surface area (TPSA) is 75.4 Å². The second-order valence-corrected chi connectivity index (χ2v) is 6.18. The van der Waals surface area contributed by atoms with Crippen molar-refractivity contribution in [2.45, 2.75) is 64.8 Å². The smallest absolute Gasteiger partial charge is 0.223 e. The minimum Gasteiger partial charge on any atom is -0.354 e. The lowest BCUT2D eigenvalue weighted by atomic mass is 9.97. The summed E-state index contributed by atoms with van der Waals surface area (Å²) in [5, 5.41) is 2.90. The molecule has 1 saturated heterocycles. The molecule has 0 aromatic carbocycles. The van der Waals surface area contributed by atoms with Crippen LogP contribution in [0.4, 0.5) is 0 Å². The van der Waals surface area contributed by atoms with Gasteiger partial charge < -0.3 is 16.0 Å². The van der Waals surface area contributed by atoms with Crippen LogP contribution in [0.5, 0.6) is 0 Å². The molecule has 122 valence electrons. The molecular weight excluding hydrogens is 266 g/mol. The zero-order valence-corrected chi connectivity index (χ0v) is 13.6. The number of hydrogen-bond acceptors (Lipinski definition) is 3. The monoisotopic (exact) mass is 297 g/mol. The molecule has 2 unspecified atom stereocenters. The van der Waals surface area contributed by atoms with Crippen LogP contribution in [0.25, 0.3) is 0 Å². The summed E-state index contributed by atoms with van der Waals surface area (Å²) in [6, 6.07) is 0.154. The summed E-state index contributed by atoms with van der Waals surface area (Å²) in [4.78, 5) is 26.0. The van der Waals surface area contributed by atoms with Crippen molar-refractivity contribution in [3.05, 3.63) is 0 Å². The molecule has 0 saturated carbocycles. The molecule has 1 aliphatic rings. The number of carbonyl (C=O) groups is 2. The van der Waals surface area contributed by atoms with Gasteiger partial charge in [0.1, 0.15) is 0 Å². The van der Waals surface area contributed by atoms with Crippen molar-refractivity contribution in [3.63, 3.8) is 0 Å². The van der Waals surface area contributed by atoms with E-state index in [1.165, 1.54) is 0 Å². The van der Waals surface area contributed by atoms with Crippen LogP contribution in [-0.2, 0) is 9.59 Å². The molecule has 0 aromatic rings. The summed E-state index contributed by atoms with van der Waals surface area (Å²) in [6.45, 7) is 6.05. The fourth-order valence-electron chi connectivity index (χ4n) is 3.00. The van der Waals surface area contributed by atoms with E-state index in [1.807, 2.05) is 4.90 Å². The van der Waals surface area contributed by atoms with Gasteiger partial charge >= 0.3 is 0 Å². The van der Waals surface area contributed by atoms with E-state index in [0.717, 1.165) is 38.6 Å². The van der Waals surface area contributed by atoms with Crippen molar-refractivity contribution in [1.29, 1.82) is 0 Å². The summed E-state index contributed by atoms with van der Waals surface area (Å²) in [6.07, 6.45) is 6.38. The molecule has 1 aliphatic heterocycles. The third kappa shape index (κ3) is 6.46. The molecule has 0 bridgehead atoms. The largest absolute Gasteiger partial charge is 0.354 e. The molecule has 2 amide bonds. The highest BCUT2D eigenvalue weighted by molar-refractivity contribution is 5.78. The Morgan fingerprint density at radius 3 is 2.81 bits per heavy atom. The van der Waals surface area contributed by atoms with E-state index < -0.39 is 0 Å². The first-order chi connectivity index (χ1) is 10.1. The minimum absolute atomic E-state index is 0.0187. The van der Waals surface area contributed by atoms with Crippen LogP contribution in [0.1, 0.15) is 58.8 Å². The maximum atomic E-state index is 12.5. The van der Waals surface area contributed by atoms with Gasteiger partial charge in [0.2, 0.25) is 11.8 Å². The molecule has 0 spiro atoms. The van der Waals surface area contributed by atoms with Gasteiger partial charge in [-0.2, -0.15) is 0 Å². The molecule has 0 radical (unpaired) electrons. The van der Waals surface area contributed by atoms with Crippen LogP contribution in [0, 0.1) is 5.92 Å². The highest BCUT2D eigenvalue weighted by Crippen LogP contribution is 2.20. The van der Waals surface area contributed by atoms with Crippen LogP contribution in [0.15, 0.2) is 0 Å². The molecule has 0 aliphatic carbocycles. The van der Waals surface area contributed by atoms with Gasteiger partial charge in [0.25, 0.3) is 0 Å². The quantitative estimate of drug-likeness (QED) is 0.715. The van der Waals surface area contributed by atoms with E-state index in [2.05, 4.69) is 19.2 Å². The number of nitrogens with zero attached hydrogens (tertiary/aromatic N) is 1. The van der Waals surface area contributed by atoms with E-state index in [9.17, 15) is 9.59 Å². The Labute approximate surface area is 128 Å². The maximum Gasteiger partial charge on any atom is 0.223 e. The molecule has 1 fully saturated rings. The van der Waals surface area contributed by atoms with Crippen LogP contribution in [0.2, 0.25) is 0 Å². The predicted octanol–water partition coefficient (Wildman–Crippen LogP) is 1.66. The van der Waals surface area contributed by atoms with Gasteiger partial charge in [0.15, 0.2) is 0 Å². The van der Waals surface area contributed by atoms with Gasteiger partial charge in [-0.05, 0) is 25.2 Å². The number of amides is 2. The van der Waals surface area contributed by atoms with E-state index in [4.69, 9.17) is 5.73 Å². The molecule has 5 nitrogen and oxygen atoms in total. The number of carbonyl (C=O) groups excluding carboxylic acids is 2. The molecule has 21 heavy (non-hydrogen) atoms. The van der Waals surface area contributed by atoms with Crippen molar-refractivity contribution in [2.24, 2.45) is 11.7 Å². The van der Waals surface area contributed by atoms with Gasteiger partial charge in [-0.25, -0.2) is 0 Å². The zero-order chi connectivity index (χ0) is 15.7. The zero-order valence-electron chi connectivity index (χ0n) is 13.6. The van der Waals surface area contributed by atoms with E-state index in [1.54, 1.807) is 0 Å². The Balaban J connectivity index is 2.48. The summed E-state index contributed by atoms with van der Waals surface area (Å²) >= 11 is 0. The highest BCUT2D eigenvalue weighted by atomic mass is 16.2. The summed E-state index contributed by atoms with van der Waals surface area (Å²) < 4.78 is 0. The number of nitrogens with one attached hydrogen (secondary N) is 1. The fourth-order valence-corrected chi connectivity index (χ4v) is 3.00. The Hall–Kier alpha value is -1.10. The van der Waals surface area contributed by atoms with E-state index in [-0.39, 0.29) is 17.9 Å². The standard InChI is InChI=1S/C16H31N3O2/c1-3-6-13(2)11-16(21)19-10-5-4-7-14(19)12-18-15(20)8-9-17/h13-14H,3-12,17H2,1-2H3,(H,18,20). The van der Waals surface area contributed by atoms with E-state index in [0.29, 0.717) is 31.8 Å². The van der Waals surface area contributed by atoms with Crippen molar-refractivity contribution < 1.29 is 9.59 Å². The second-order valence-electron chi connectivity index (χ2n) is 6.18. The van der Waals surface area contributed by atoms with Gasteiger partial charge in [-0.3, -0.25) is 9.59 Å². The first-order valence-corrected chi connectivity index (χ1v) is 8.34. The van der Waals surface area contributed by atoms with Gasteiger partial charge in [-0.15, -0.1) is 0 Å². The number of nitrogens with two attached hydrogens (primary N) is 1. The maximum absolute atomic E-state index is 12.5. The minimum atomic E-state index is -0.0187. The molecule has 1 heterocycles. The van der Waals surface area contributed by atoms with Crippen LogP contribution in [0.3, 0.4) is 0 Å². The van der Waals surface area contributed by atoms with Crippen molar-refractivity contribution in [2.75, 3.05) is 19.6 Å². The lowest BCUT2D eigenvalue weighted by molar-refractivity contribution is -0.136. The fraction of sp³-hybridized carbons (Fsp3) is 0.875. The second kappa shape index (κ2) is 9.77. The van der Waals surface area contributed by atoms with Gasteiger partial charge in [-0.1, -0.05) is 26.7 Å². The Morgan fingerprint density at radius 1 is 1.38 bits per heavy atom. The van der Waals surface area contributed by atoms with Crippen LogP contribution < -0.4 is 11.1 Å². The third-order valence-electron chi connectivity index (χ3n) is 4.16. The lowest BCUT2D eigenvalue weighted by Crippen LogP contribution is -2.49. The summed E-state index contributed by atoms with van der Waals surface area (Å²) in [5.41, 5.74) is 5.37. The third-order valence-corrected chi connectivity index (χ3v) is 4.16. The normalized spacial score (nSPS) is 20.1. The first-order valence-electron chi connectivity index (χ1n) is 8.34. The Morgan fingerprint density at radius 2 is 2.14 bits per heavy atom. The number of hydrogen-bond donors (Lipinski definition) is 2. The number of likely N-dealkylation sites (tertiary alicyclic amines) is 1. The predicted molar refractivity (Wildman–Crippen MR) is 84.7 cm³/mol. The number of rotatable bonds is 8. The van der Waals surface area contributed by atoms with Crippen LogP contribution >= 0.6 is 0 Å². The van der Waals surface area contributed by atoms with E-state index >= 15 is 0 Å². The molecule has 3 N–H and O–H groups in total. The van der Waals surface area contributed by atoms with Gasteiger partial charge in [0.05, 0.1) is 0 Å². The highest BCUT2D eigenvalue weighted by Gasteiger charge is 2.27. The first kappa shape index (κ1) is 18.0. The summed E-state index contributed by atoms with van der Waals surface area (Å²) in [5.74, 6) is 0.667. The molecule has 0 aromatic heterocycles. The molecule has 1 rings (SSSR count). The Bertz CT molecular complexity index is 333. The van der Waals surface area contributed by atoms with Crippen molar-refractivity contribution >= 4 is 11.8 Å². The lowest BCUT2D eigenvalue weighted by Gasteiger charge is -2.36.